The smallest absolute Gasteiger partial charge is 0.324 e. The average Bonchev–Trinajstić information content (AvgIpc) is 1.63. The second kappa shape index (κ2) is 3.62. The van der Waals surface area contributed by atoms with Crippen LogP contribution in [-0.4, -0.2) is 15.9 Å². The second-order valence-corrected chi connectivity index (χ2v) is 3.43. The molecule has 0 unspecified atom stereocenters. The van der Waals surface area contributed by atoms with E-state index in [9.17, 15) is 4.57 Å². The van der Waals surface area contributed by atoms with E-state index in [1.54, 1.807) is 6.07 Å². The van der Waals surface area contributed by atoms with Crippen LogP contribution in [-0.2, 0) is 4.57 Å². The van der Waals surface area contributed by atoms with Gasteiger partial charge in [-0.05, 0) is 6.42 Å². The molecule has 0 saturated carbocycles. The topological polar surface area (TPSA) is 81.3 Å². The van der Waals surface area contributed by atoms with E-state index >= 15 is 0 Å². The van der Waals surface area contributed by atoms with Crippen LogP contribution in [0.4, 0.5) is 0 Å². The van der Waals surface area contributed by atoms with Crippen LogP contribution < -0.4 is 0 Å². The minimum absolute atomic E-state index is 0.180. The summed E-state index contributed by atoms with van der Waals surface area (Å²) in [5, 5.41) is 7.96. The fraction of sp³-hybridized carbons (Fsp3) is 0.750. The van der Waals surface area contributed by atoms with Crippen molar-refractivity contribution in [1.82, 2.24) is 0 Å². The highest BCUT2D eigenvalue weighted by molar-refractivity contribution is 7.51. The maximum absolute atomic E-state index is 10.1. The fourth-order valence-corrected chi connectivity index (χ4v) is 0.934. The zero-order valence-corrected chi connectivity index (χ0v) is 5.71. The molecule has 9 heavy (non-hydrogen) atoms. The maximum atomic E-state index is 10.1. The van der Waals surface area contributed by atoms with Crippen LogP contribution in [0.3, 0.4) is 0 Å². The lowest BCUT2D eigenvalue weighted by Gasteiger charge is -1.98. The highest BCUT2D eigenvalue weighted by atomic mass is 31.2. The van der Waals surface area contributed by atoms with Crippen molar-refractivity contribution in [2.24, 2.45) is 0 Å². The Hall–Kier alpha value is -0.360. The van der Waals surface area contributed by atoms with Gasteiger partial charge in [0.25, 0.3) is 0 Å². The van der Waals surface area contributed by atoms with E-state index in [0.29, 0.717) is 0 Å². The molecular formula is C4H8NO3P. The van der Waals surface area contributed by atoms with Gasteiger partial charge in [-0.25, -0.2) is 0 Å². The van der Waals surface area contributed by atoms with Gasteiger partial charge >= 0.3 is 7.60 Å². The van der Waals surface area contributed by atoms with Crippen molar-refractivity contribution in [3.8, 4) is 6.07 Å². The molecule has 0 aliphatic carbocycles. The zero-order chi connectivity index (χ0) is 7.33. The summed E-state index contributed by atoms with van der Waals surface area (Å²) in [6.07, 6.45) is 0.312. The van der Waals surface area contributed by atoms with Crippen LogP contribution in [0.2, 0.25) is 0 Å². The standard InChI is InChI=1S/C4H8NO3P/c5-3-1-2-4-9(6,7)8/h1-2,4H2,(H2,6,7,8). The summed E-state index contributed by atoms with van der Waals surface area (Å²) in [6.45, 7) is 0. The van der Waals surface area contributed by atoms with Gasteiger partial charge in [0.15, 0.2) is 0 Å². The molecule has 0 aliphatic rings. The Morgan fingerprint density at radius 1 is 1.56 bits per heavy atom. The van der Waals surface area contributed by atoms with Gasteiger partial charge in [-0.15, -0.1) is 0 Å². The Kier molecular flexibility index (Phi) is 3.48. The van der Waals surface area contributed by atoms with Gasteiger partial charge < -0.3 is 9.79 Å². The number of unbranched alkanes of at least 4 members (excludes halogenated alkanes) is 1. The van der Waals surface area contributed by atoms with Crippen LogP contribution in [0.25, 0.3) is 0 Å². The summed E-state index contributed by atoms with van der Waals surface area (Å²) < 4.78 is 10.1. The van der Waals surface area contributed by atoms with Crippen LogP contribution in [0.5, 0.6) is 0 Å². The molecule has 0 spiro atoms. The highest BCUT2D eigenvalue weighted by Crippen LogP contribution is 2.35. The summed E-state index contributed by atoms with van der Waals surface area (Å²) in [5.41, 5.74) is 0. The molecule has 5 heteroatoms. The minimum atomic E-state index is -3.85. The second-order valence-electron chi connectivity index (χ2n) is 1.65. The van der Waals surface area contributed by atoms with Crippen molar-refractivity contribution in [2.75, 3.05) is 6.16 Å². The Bertz CT molecular complexity index is 156. The lowest BCUT2D eigenvalue weighted by molar-refractivity contribution is 0.372. The molecule has 2 N–H and O–H groups in total. The first-order valence-corrected chi connectivity index (χ1v) is 4.27. The van der Waals surface area contributed by atoms with Gasteiger partial charge in [-0.2, -0.15) is 5.26 Å². The summed E-state index contributed by atoms with van der Waals surface area (Å²) in [5.74, 6) is 0. The molecule has 0 atom stereocenters. The average molecular weight is 149 g/mol. The summed E-state index contributed by atoms with van der Waals surface area (Å²) >= 11 is 0. The molecule has 0 aliphatic heterocycles. The molecule has 0 saturated heterocycles. The molecule has 0 aromatic heterocycles. The van der Waals surface area contributed by atoms with Crippen molar-refractivity contribution in [2.45, 2.75) is 12.8 Å². The van der Waals surface area contributed by atoms with Gasteiger partial charge in [-0.3, -0.25) is 4.57 Å². The molecule has 0 aromatic carbocycles. The van der Waals surface area contributed by atoms with E-state index in [-0.39, 0.29) is 19.0 Å². The SMILES string of the molecule is N#CCCCP(=O)(O)O. The van der Waals surface area contributed by atoms with E-state index in [1.165, 1.54) is 0 Å². The zero-order valence-electron chi connectivity index (χ0n) is 4.82. The molecule has 4 nitrogen and oxygen atoms in total. The number of rotatable bonds is 3. The molecule has 0 radical (unpaired) electrons. The third-order valence-corrected chi connectivity index (χ3v) is 1.64. The lowest BCUT2D eigenvalue weighted by Crippen LogP contribution is -1.85. The van der Waals surface area contributed by atoms with Crippen LogP contribution in [0.15, 0.2) is 0 Å². The van der Waals surface area contributed by atoms with E-state index < -0.39 is 7.60 Å². The van der Waals surface area contributed by atoms with Crippen molar-refractivity contribution in [3.05, 3.63) is 0 Å². The predicted molar refractivity (Wildman–Crippen MR) is 31.8 cm³/mol. The largest absolute Gasteiger partial charge is 0.325 e. The first kappa shape index (κ1) is 8.64. The van der Waals surface area contributed by atoms with E-state index in [4.69, 9.17) is 15.0 Å². The lowest BCUT2D eigenvalue weighted by atomic mass is 10.4. The number of hydrogen-bond donors (Lipinski definition) is 2. The monoisotopic (exact) mass is 149 g/mol. The molecule has 0 heterocycles. The number of nitriles is 1. The van der Waals surface area contributed by atoms with Crippen molar-refractivity contribution in [3.63, 3.8) is 0 Å². The molecule has 52 valence electrons. The van der Waals surface area contributed by atoms with E-state index in [1.807, 2.05) is 0 Å². The van der Waals surface area contributed by atoms with Crippen molar-refractivity contribution in [1.29, 1.82) is 5.26 Å². The maximum Gasteiger partial charge on any atom is 0.325 e. The minimum Gasteiger partial charge on any atom is -0.324 e. The normalized spacial score (nSPS) is 10.8. The van der Waals surface area contributed by atoms with Gasteiger partial charge in [0, 0.05) is 6.42 Å². The van der Waals surface area contributed by atoms with Gasteiger partial charge in [-0.1, -0.05) is 0 Å². The van der Waals surface area contributed by atoms with Gasteiger partial charge in [0.1, 0.15) is 0 Å². The quantitative estimate of drug-likeness (QED) is 0.451. The molecule has 0 amide bonds. The predicted octanol–water partition coefficient (Wildman–Crippen LogP) is 0.468. The summed E-state index contributed by atoms with van der Waals surface area (Å²) in [4.78, 5) is 16.5. The van der Waals surface area contributed by atoms with Crippen LogP contribution >= 0.6 is 7.60 Å². The Morgan fingerprint density at radius 3 is 2.44 bits per heavy atom. The van der Waals surface area contributed by atoms with E-state index in [0.717, 1.165) is 0 Å². The van der Waals surface area contributed by atoms with Gasteiger partial charge in [0.05, 0.1) is 12.2 Å². The van der Waals surface area contributed by atoms with E-state index in [2.05, 4.69) is 0 Å². The molecular weight excluding hydrogens is 141 g/mol. The summed E-state index contributed by atoms with van der Waals surface area (Å²) in [7, 11) is -3.85. The molecule has 0 aromatic rings. The number of nitrogens with zero attached hydrogens (tertiary/aromatic N) is 1. The molecule has 0 bridgehead atoms. The van der Waals surface area contributed by atoms with Crippen LogP contribution in [0, 0.1) is 11.3 Å². The fourth-order valence-electron chi connectivity index (χ4n) is 0.364. The first-order valence-electron chi connectivity index (χ1n) is 2.48. The third-order valence-electron chi connectivity index (χ3n) is 0.738. The van der Waals surface area contributed by atoms with Crippen molar-refractivity contribution < 1.29 is 14.4 Å². The van der Waals surface area contributed by atoms with Crippen molar-refractivity contribution >= 4 is 7.60 Å². The van der Waals surface area contributed by atoms with Crippen LogP contribution in [0.1, 0.15) is 12.8 Å². The first-order chi connectivity index (χ1) is 4.06. The number of hydrogen-bond acceptors (Lipinski definition) is 2. The molecule has 0 rings (SSSR count). The third kappa shape index (κ3) is 7.64. The molecule has 0 fully saturated rings. The Labute approximate surface area is 53.3 Å². The summed E-state index contributed by atoms with van der Waals surface area (Å²) in [6, 6.07) is 1.80. The van der Waals surface area contributed by atoms with Gasteiger partial charge in [0.2, 0.25) is 0 Å². The Morgan fingerprint density at radius 2 is 2.11 bits per heavy atom. The Balaban J connectivity index is 3.32. The highest BCUT2D eigenvalue weighted by Gasteiger charge is 2.10.